The average Bonchev–Trinajstić information content (AvgIpc) is 3.14. The van der Waals surface area contributed by atoms with Gasteiger partial charge in [-0.05, 0) is 39.8 Å². The Labute approximate surface area is 175 Å². The molecule has 0 aliphatic rings. The van der Waals surface area contributed by atoms with Crippen molar-refractivity contribution in [3.8, 4) is 22.9 Å². The van der Waals surface area contributed by atoms with E-state index < -0.39 is 17.2 Å². The van der Waals surface area contributed by atoms with Crippen molar-refractivity contribution in [1.29, 1.82) is 0 Å². The van der Waals surface area contributed by atoms with Crippen molar-refractivity contribution in [3.05, 3.63) is 68.9 Å². The maximum atomic E-state index is 13.4. The van der Waals surface area contributed by atoms with Crippen LogP contribution in [0.5, 0.6) is 17.2 Å². The largest absolute Gasteiger partial charge is 0.493 e. The van der Waals surface area contributed by atoms with Crippen LogP contribution in [0.2, 0.25) is 5.02 Å². The van der Waals surface area contributed by atoms with Crippen LogP contribution in [0.25, 0.3) is 11.8 Å². The highest BCUT2D eigenvalue weighted by Crippen LogP contribution is 2.38. The molecule has 0 aliphatic carbocycles. The van der Waals surface area contributed by atoms with Crippen LogP contribution < -0.4 is 24.5 Å². The Morgan fingerprint density at radius 2 is 1.80 bits per heavy atom. The van der Waals surface area contributed by atoms with Gasteiger partial charge in [-0.2, -0.15) is 0 Å². The van der Waals surface area contributed by atoms with E-state index in [1.165, 1.54) is 45.6 Å². The van der Waals surface area contributed by atoms with Crippen LogP contribution in [-0.2, 0) is 0 Å². The van der Waals surface area contributed by atoms with Crippen molar-refractivity contribution in [2.75, 3.05) is 21.3 Å². The lowest BCUT2D eigenvalue weighted by Crippen LogP contribution is -2.40. The van der Waals surface area contributed by atoms with Crippen LogP contribution in [0.1, 0.15) is 16.1 Å². The summed E-state index contributed by atoms with van der Waals surface area (Å²) in [6.45, 7) is 0. The third kappa shape index (κ3) is 4.06. The minimum absolute atomic E-state index is 0.173. The van der Waals surface area contributed by atoms with E-state index in [0.717, 1.165) is 10.7 Å². The van der Waals surface area contributed by atoms with Crippen LogP contribution in [0.4, 0.5) is 4.39 Å². The van der Waals surface area contributed by atoms with Gasteiger partial charge in [0, 0.05) is 12.1 Å². The zero-order valence-electron chi connectivity index (χ0n) is 16.2. The second-order valence-corrected chi connectivity index (χ2v) is 6.33. The van der Waals surface area contributed by atoms with E-state index in [-0.39, 0.29) is 16.4 Å². The Morgan fingerprint density at radius 3 is 2.37 bits per heavy atom. The fraction of sp³-hybridized carbons (Fsp3) is 0.150. The number of ketones is 1. The van der Waals surface area contributed by atoms with Gasteiger partial charge in [-0.25, -0.2) is 9.18 Å². The van der Waals surface area contributed by atoms with E-state index in [4.69, 9.17) is 30.3 Å². The maximum Gasteiger partial charge on any atom is 0.439 e. The first-order valence-electron chi connectivity index (χ1n) is 8.51. The second-order valence-electron chi connectivity index (χ2n) is 5.92. The predicted octanol–water partition coefficient (Wildman–Crippen LogP) is 2.96. The highest BCUT2D eigenvalue weighted by Gasteiger charge is 2.29. The number of rotatable bonds is 7. The van der Waals surface area contributed by atoms with Crippen molar-refractivity contribution in [3.63, 3.8) is 0 Å². The van der Waals surface area contributed by atoms with Gasteiger partial charge in [-0.3, -0.25) is 9.32 Å². The molecule has 1 N–H and O–H groups in total. The molecule has 0 radical (unpaired) electrons. The number of H-pyrrole nitrogens is 1. The van der Waals surface area contributed by atoms with Gasteiger partial charge in [0.15, 0.2) is 11.5 Å². The number of hydrogen-bond acceptors (Lipinski definition) is 6. The number of nitrogens with one attached hydrogen (secondary N) is 1. The molecule has 0 bridgehead atoms. The molecular weight excluding hydrogens is 419 g/mol. The highest BCUT2D eigenvalue weighted by molar-refractivity contribution is 6.30. The van der Waals surface area contributed by atoms with Gasteiger partial charge in [0.25, 0.3) is 5.78 Å². The maximum absolute atomic E-state index is 13.4. The summed E-state index contributed by atoms with van der Waals surface area (Å²) in [6, 6.07) is 6.97. The summed E-state index contributed by atoms with van der Waals surface area (Å²) >= 11 is 5.78. The second kappa shape index (κ2) is 8.83. The summed E-state index contributed by atoms with van der Waals surface area (Å²) in [6.07, 6.45) is 2.66. The zero-order valence-corrected chi connectivity index (χ0v) is 17.0. The number of carbonyl (C=O) groups is 1. The van der Waals surface area contributed by atoms with E-state index in [0.29, 0.717) is 22.8 Å². The van der Waals surface area contributed by atoms with Gasteiger partial charge >= 0.3 is 11.3 Å². The van der Waals surface area contributed by atoms with E-state index in [2.05, 4.69) is 5.27 Å². The van der Waals surface area contributed by atoms with Crippen LogP contribution in [0.3, 0.4) is 0 Å². The fourth-order valence-corrected chi connectivity index (χ4v) is 2.91. The first-order valence-corrected chi connectivity index (χ1v) is 8.88. The molecule has 3 rings (SSSR count). The molecule has 1 aromatic heterocycles. The lowest BCUT2D eigenvalue weighted by atomic mass is 10.1. The number of benzene rings is 2. The third-order valence-corrected chi connectivity index (χ3v) is 4.45. The van der Waals surface area contributed by atoms with Gasteiger partial charge in [0.05, 0.1) is 26.4 Å². The van der Waals surface area contributed by atoms with Gasteiger partial charge in [-0.1, -0.05) is 17.7 Å². The monoisotopic (exact) mass is 435 g/mol. The van der Waals surface area contributed by atoms with Crippen molar-refractivity contribution < 1.29 is 32.6 Å². The lowest BCUT2D eigenvalue weighted by Gasteiger charge is -2.12. The van der Waals surface area contributed by atoms with E-state index >= 15 is 0 Å². The zero-order chi connectivity index (χ0) is 21.8. The molecule has 0 unspecified atom stereocenters. The van der Waals surface area contributed by atoms with Gasteiger partial charge in [-0.15, -0.1) is 0 Å². The first kappa shape index (κ1) is 21.1. The van der Waals surface area contributed by atoms with E-state index in [1.54, 1.807) is 12.1 Å². The number of methoxy groups -OCH3 is 3. The Morgan fingerprint density at radius 1 is 1.13 bits per heavy atom. The number of ether oxygens (including phenoxy) is 3. The smallest absolute Gasteiger partial charge is 0.439 e. The average molecular weight is 436 g/mol. The molecule has 156 valence electrons. The van der Waals surface area contributed by atoms with Crippen LogP contribution in [0.15, 0.2) is 45.7 Å². The summed E-state index contributed by atoms with van der Waals surface area (Å²) in [4.78, 5) is 24.8. The fourth-order valence-electron chi connectivity index (χ4n) is 2.74. The van der Waals surface area contributed by atoms with Crippen LogP contribution in [-0.4, -0.2) is 32.4 Å². The number of nitrogens with zero attached hydrogens (tertiary/aromatic N) is 1. The Hall–Kier alpha value is -3.59. The summed E-state index contributed by atoms with van der Waals surface area (Å²) in [5, 5.41) is 2.13. The number of hydrogen-bond donors (Lipinski definition) is 1. The summed E-state index contributed by atoms with van der Waals surface area (Å²) in [5.74, 6) is -0.0794. The molecule has 0 amide bonds. The minimum atomic E-state index is -0.894. The van der Waals surface area contributed by atoms with E-state index in [9.17, 15) is 14.0 Å². The number of aromatic amines is 1. The number of halogens is 2. The number of aromatic nitrogens is 2. The normalized spacial score (nSPS) is 11.0. The summed E-state index contributed by atoms with van der Waals surface area (Å²) in [7, 11) is 4.42. The molecule has 3 aromatic rings. The quantitative estimate of drug-likeness (QED) is 0.348. The predicted molar refractivity (Wildman–Crippen MR) is 105 cm³/mol. The molecule has 2 aromatic carbocycles. The molecule has 0 saturated heterocycles. The molecule has 0 atom stereocenters. The standard InChI is InChI=1S/C20H16ClFN2O6/c1-27-16-8-11(9-17(28-2)19(16)29-3)4-7-15(25)18-20(26)30-23-24(18)12-5-6-14(22)13(21)10-12/h4-10H,1-3H3/p+1/b7-4+. The highest BCUT2D eigenvalue weighted by atomic mass is 35.5. The number of carbonyl (C=O) groups excluding carboxylic acids is 1. The molecule has 1 heterocycles. The van der Waals surface area contributed by atoms with Crippen molar-refractivity contribution in [2.24, 2.45) is 0 Å². The number of allylic oxidation sites excluding steroid dienone is 1. The topological polar surface area (TPSA) is 94.6 Å². The summed E-state index contributed by atoms with van der Waals surface area (Å²) in [5.41, 5.74) is -0.401. The Balaban J connectivity index is 1.97. The molecule has 8 nitrogen and oxygen atoms in total. The van der Waals surface area contributed by atoms with Crippen molar-refractivity contribution in [2.45, 2.75) is 0 Å². The van der Waals surface area contributed by atoms with Gasteiger partial charge in [0.1, 0.15) is 5.82 Å². The molecule has 0 spiro atoms. The summed E-state index contributed by atoms with van der Waals surface area (Å²) < 4.78 is 35.0. The van der Waals surface area contributed by atoms with Crippen LogP contribution >= 0.6 is 11.6 Å². The van der Waals surface area contributed by atoms with E-state index in [1.807, 2.05) is 0 Å². The van der Waals surface area contributed by atoms with Gasteiger partial charge in [0.2, 0.25) is 11.4 Å². The molecule has 30 heavy (non-hydrogen) atoms. The Bertz CT molecular complexity index is 1160. The molecule has 0 saturated carbocycles. The molecule has 0 fully saturated rings. The molecule has 10 heteroatoms. The lowest BCUT2D eigenvalue weighted by molar-refractivity contribution is -0.672. The molecular formula is C20H17ClFN2O6+. The van der Waals surface area contributed by atoms with Gasteiger partial charge < -0.3 is 14.2 Å². The van der Waals surface area contributed by atoms with Crippen molar-refractivity contribution in [1.82, 2.24) is 5.27 Å². The Kier molecular flexibility index (Phi) is 6.22. The third-order valence-electron chi connectivity index (χ3n) is 4.16. The first-order chi connectivity index (χ1) is 14.4. The van der Waals surface area contributed by atoms with Crippen molar-refractivity contribution >= 4 is 23.5 Å². The minimum Gasteiger partial charge on any atom is -0.493 e. The molecule has 0 aliphatic heterocycles. The van der Waals surface area contributed by atoms with Crippen LogP contribution in [0, 0.1) is 5.82 Å². The SMILES string of the molecule is COc1cc(/C=C/C(=O)c2c(=O)o[nH][n+]2-c2ccc(F)c(Cl)c2)cc(OC)c1OC.